The number of sulfone groups is 1. The maximum atomic E-state index is 11.6. The quantitative estimate of drug-likeness (QED) is 0.573. The number of imide groups is 1. The second-order valence-electron chi connectivity index (χ2n) is 4.76. The molecular weight excluding hydrogens is 276 g/mol. The number of nitrogens with one attached hydrogen (secondary N) is 1. The first kappa shape index (κ1) is 13.9. The first-order valence-electron chi connectivity index (χ1n) is 5.80. The lowest BCUT2D eigenvalue weighted by molar-refractivity contribution is -0.140. The van der Waals surface area contributed by atoms with Gasteiger partial charge in [0.1, 0.15) is 0 Å². The summed E-state index contributed by atoms with van der Waals surface area (Å²) in [6, 6.07) is -1.41. The molecule has 0 radical (unpaired) electrons. The van der Waals surface area contributed by atoms with E-state index in [2.05, 4.69) is 5.32 Å². The monoisotopic (exact) mass is 290 g/mol. The number of nitrogens with zero attached hydrogens (tertiary/aromatic N) is 1. The molecule has 0 aromatic heterocycles. The van der Waals surface area contributed by atoms with Crippen LogP contribution in [0.4, 0.5) is 0 Å². The maximum absolute atomic E-state index is 11.6. The lowest BCUT2D eigenvalue weighted by Crippen LogP contribution is -2.49. The minimum absolute atomic E-state index is 0.0178. The van der Waals surface area contributed by atoms with Crippen LogP contribution in [0.2, 0.25) is 0 Å². The molecule has 0 aromatic carbocycles. The highest BCUT2D eigenvalue weighted by Crippen LogP contribution is 2.22. The predicted molar refractivity (Wildman–Crippen MR) is 63.0 cm³/mol. The van der Waals surface area contributed by atoms with Crippen LogP contribution in [0.5, 0.6) is 0 Å². The van der Waals surface area contributed by atoms with E-state index in [0.29, 0.717) is 0 Å². The molecule has 2 N–H and O–H groups in total. The molecule has 2 amide bonds. The number of carbonyl (C=O) groups excluding carboxylic acids is 2. The SMILES string of the molecule is O=C(O)CN(C1CCS(=O)(=O)C1)C1CC(=O)NC1=O. The van der Waals surface area contributed by atoms with E-state index >= 15 is 0 Å². The van der Waals surface area contributed by atoms with Crippen molar-refractivity contribution in [3.63, 3.8) is 0 Å². The second-order valence-corrected chi connectivity index (χ2v) is 6.98. The molecule has 2 saturated heterocycles. The molecule has 2 heterocycles. The Balaban J connectivity index is 2.19. The fraction of sp³-hybridized carbons (Fsp3) is 0.700. The maximum Gasteiger partial charge on any atom is 0.317 e. The first-order valence-corrected chi connectivity index (χ1v) is 7.62. The topological polar surface area (TPSA) is 121 Å². The van der Waals surface area contributed by atoms with Gasteiger partial charge in [-0.05, 0) is 6.42 Å². The number of carboxylic acid groups (broad SMARTS) is 1. The van der Waals surface area contributed by atoms with Crippen LogP contribution in [-0.4, -0.2) is 66.3 Å². The van der Waals surface area contributed by atoms with Crippen molar-refractivity contribution in [3.8, 4) is 0 Å². The second kappa shape index (κ2) is 4.89. The van der Waals surface area contributed by atoms with Gasteiger partial charge in [-0.1, -0.05) is 0 Å². The summed E-state index contributed by atoms with van der Waals surface area (Å²) in [7, 11) is -3.19. The minimum Gasteiger partial charge on any atom is -0.480 e. The van der Waals surface area contributed by atoms with Crippen LogP contribution >= 0.6 is 0 Å². The van der Waals surface area contributed by atoms with E-state index in [1.807, 2.05) is 0 Å². The van der Waals surface area contributed by atoms with Crippen LogP contribution in [-0.2, 0) is 24.2 Å². The van der Waals surface area contributed by atoms with Crippen LogP contribution < -0.4 is 5.32 Å². The van der Waals surface area contributed by atoms with Gasteiger partial charge in [-0.2, -0.15) is 0 Å². The molecule has 2 atom stereocenters. The van der Waals surface area contributed by atoms with Gasteiger partial charge in [0.25, 0.3) is 0 Å². The summed E-state index contributed by atoms with van der Waals surface area (Å²) in [5, 5.41) is 11.0. The summed E-state index contributed by atoms with van der Waals surface area (Å²) >= 11 is 0. The average Bonchev–Trinajstić information content (AvgIpc) is 2.78. The fourth-order valence-corrected chi connectivity index (χ4v) is 4.24. The van der Waals surface area contributed by atoms with Crippen molar-refractivity contribution < 1.29 is 27.9 Å². The largest absolute Gasteiger partial charge is 0.480 e. The molecule has 0 bridgehead atoms. The molecule has 2 aliphatic rings. The Morgan fingerprint density at radius 3 is 2.53 bits per heavy atom. The number of hydrogen-bond acceptors (Lipinski definition) is 6. The van der Waals surface area contributed by atoms with Crippen molar-refractivity contribution in [2.24, 2.45) is 0 Å². The molecule has 0 aromatic rings. The van der Waals surface area contributed by atoms with Gasteiger partial charge in [-0.15, -0.1) is 0 Å². The Morgan fingerprint density at radius 2 is 2.11 bits per heavy atom. The molecule has 0 spiro atoms. The van der Waals surface area contributed by atoms with E-state index in [0.717, 1.165) is 0 Å². The Bertz CT molecular complexity index is 528. The Kier molecular flexibility index (Phi) is 3.59. The zero-order chi connectivity index (χ0) is 14.2. The van der Waals surface area contributed by atoms with Crippen molar-refractivity contribution in [1.82, 2.24) is 10.2 Å². The molecule has 106 valence electrons. The van der Waals surface area contributed by atoms with E-state index in [9.17, 15) is 22.8 Å². The van der Waals surface area contributed by atoms with E-state index in [4.69, 9.17) is 5.11 Å². The number of carboxylic acids is 1. The van der Waals surface area contributed by atoms with Gasteiger partial charge in [0.15, 0.2) is 9.84 Å². The third-order valence-electron chi connectivity index (χ3n) is 3.34. The number of hydrogen-bond donors (Lipinski definition) is 2. The van der Waals surface area contributed by atoms with Crippen molar-refractivity contribution in [2.75, 3.05) is 18.1 Å². The molecule has 2 aliphatic heterocycles. The van der Waals surface area contributed by atoms with Gasteiger partial charge < -0.3 is 5.11 Å². The van der Waals surface area contributed by atoms with Crippen LogP contribution in [0.1, 0.15) is 12.8 Å². The summed E-state index contributed by atoms with van der Waals surface area (Å²) in [5.41, 5.74) is 0. The van der Waals surface area contributed by atoms with E-state index in [1.165, 1.54) is 4.90 Å². The summed E-state index contributed by atoms with van der Waals surface area (Å²) < 4.78 is 22.9. The van der Waals surface area contributed by atoms with Crippen LogP contribution in [0.3, 0.4) is 0 Å². The van der Waals surface area contributed by atoms with Crippen molar-refractivity contribution in [2.45, 2.75) is 24.9 Å². The minimum atomic E-state index is -3.19. The molecule has 2 rings (SSSR count). The fourth-order valence-electron chi connectivity index (χ4n) is 2.49. The zero-order valence-electron chi connectivity index (χ0n) is 10.0. The van der Waals surface area contributed by atoms with Gasteiger partial charge in [-0.25, -0.2) is 8.42 Å². The van der Waals surface area contributed by atoms with Gasteiger partial charge in [0.05, 0.1) is 30.5 Å². The summed E-state index contributed by atoms with van der Waals surface area (Å²) in [4.78, 5) is 35.0. The molecule has 8 nitrogen and oxygen atoms in total. The van der Waals surface area contributed by atoms with Crippen LogP contribution in [0.15, 0.2) is 0 Å². The molecule has 2 unspecified atom stereocenters. The molecule has 19 heavy (non-hydrogen) atoms. The normalized spacial score (nSPS) is 29.7. The van der Waals surface area contributed by atoms with Gasteiger partial charge >= 0.3 is 5.97 Å². The molecular formula is C10H14N2O6S. The molecule has 0 aliphatic carbocycles. The molecule has 2 fully saturated rings. The van der Waals surface area contributed by atoms with Crippen LogP contribution in [0.25, 0.3) is 0 Å². The first-order chi connectivity index (χ1) is 8.78. The van der Waals surface area contributed by atoms with E-state index < -0.39 is 46.2 Å². The van der Waals surface area contributed by atoms with Gasteiger partial charge in [-0.3, -0.25) is 24.6 Å². The summed E-state index contributed by atoms with van der Waals surface area (Å²) in [6.07, 6.45) is 0.163. The summed E-state index contributed by atoms with van der Waals surface area (Å²) in [6.45, 7) is -0.453. The van der Waals surface area contributed by atoms with E-state index in [-0.39, 0.29) is 24.3 Å². The highest BCUT2D eigenvalue weighted by atomic mass is 32.2. The van der Waals surface area contributed by atoms with Gasteiger partial charge in [0.2, 0.25) is 11.8 Å². The summed E-state index contributed by atoms with van der Waals surface area (Å²) in [5.74, 6) is -2.37. The Hall–Kier alpha value is -1.48. The van der Waals surface area contributed by atoms with Crippen molar-refractivity contribution in [3.05, 3.63) is 0 Å². The third kappa shape index (κ3) is 3.10. The van der Waals surface area contributed by atoms with E-state index in [1.54, 1.807) is 0 Å². The zero-order valence-corrected chi connectivity index (χ0v) is 10.9. The molecule has 0 saturated carbocycles. The lowest BCUT2D eigenvalue weighted by Gasteiger charge is -2.29. The lowest BCUT2D eigenvalue weighted by atomic mass is 10.1. The number of amides is 2. The smallest absolute Gasteiger partial charge is 0.317 e. The molecule has 9 heteroatoms. The third-order valence-corrected chi connectivity index (χ3v) is 5.09. The standard InChI is InChI=1S/C10H14N2O6S/c13-8-3-7(10(16)11-8)12(4-9(14)15)6-1-2-19(17,18)5-6/h6-7H,1-5H2,(H,14,15)(H,11,13,16). The number of carbonyl (C=O) groups is 3. The average molecular weight is 290 g/mol. The number of aliphatic carboxylic acids is 1. The van der Waals surface area contributed by atoms with Crippen LogP contribution in [0, 0.1) is 0 Å². The number of rotatable bonds is 4. The Morgan fingerprint density at radius 1 is 1.42 bits per heavy atom. The predicted octanol–water partition coefficient (Wildman–Crippen LogP) is -2.02. The van der Waals surface area contributed by atoms with Crippen molar-refractivity contribution in [1.29, 1.82) is 0 Å². The highest BCUT2D eigenvalue weighted by Gasteiger charge is 2.42. The van der Waals surface area contributed by atoms with Gasteiger partial charge in [0, 0.05) is 6.04 Å². The van der Waals surface area contributed by atoms with Crippen molar-refractivity contribution >= 4 is 27.6 Å². The Labute approximate surface area is 109 Å². The highest BCUT2D eigenvalue weighted by molar-refractivity contribution is 7.91.